The molecule has 92 valence electrons. The van der Waals surface area contributed by atoms with Crippen LogP contribution in [0.2, 0.25) is 0 Å². The zero-order valence-electron chi connectivity index (χ0n) is 10.00. The first-order valence-electron chi connectivity index (χ1n) is 5.37. The smallest absolute Gasteiger partial charge is 0.410 e. The summed E-state index contributed by atoms with van der Waals surface area (Å²) < 4.78 is 6.39. The van der Waals surface area contributed by atoms with Crippen LogP contribution in [-0.4, -0.2) is 36.2 Å². The molecule has 1 amide bonds. The first-order chi connectivity index (χ1) is 7.33. The van der Waals surface area contributed by atoms with Gasteiger partial charge in [0.25, 0.3) is 0 Å². The molecule has 0 aromatic rings. The van der Waals surface area contributed by atoms with Crippen LogP contribution in [0.25, 0.3) is 0 Å². The largest absolute Gasteiger partial charge is 0.444 e. The number of ether oxygens (including phenoxy) is 1. The number of hydrogen-bond acceptors (Lipinski definition) is 3. The molecule has 1 aliphatic rings. The molecular formula is C11H19BrN2O2. The van der Waals surface area contributed by atoms with Gasteiger partial charge in [-0.05, 0) is 25.3 Å². The molecule has 1 rings (SSSR count). The molecule has 5 heteroatoms. The van der Waals surface area contributed by atoms with Gasteiger partial charge in [-0.1, -0.05) is 22.0 Å². The van der Waals surface area contributed by atoms with Crippen molar-refractivity contribution in [1.82, 2.24) is 4.90 Å². The third kappa shape index (κ3) is 3.79. The summed E-state index contributed by atoms with van der Waals surface area (Å²) in [6, 6.07) is 0. The van der Waals surface area contributed by atoms with Crippen molar-refractivity contribution in [3.63, 3.8) is 0 Å². The number of carbonyl (C=O) groups excluding carboxylic acids is 1. The number of carbonyl (C=O) groups is 1. The first kappa shape index (κ1) is 13.5. The minimum atomic E-state index is -0.451. The topological polar surface area (TPSA) is 55.6 Å². The molecule has 0 aromatic heterocycles. The Morgan fingerprint density at radius 1 is 1.69 bits per heavy atom. The molecule has 0 aromatic carbocycles. The Kier molecular flexibility index (Phi) is 4.38. The fourth-order valence-electron chi connectivity index (χ4n) is 1.45. The molecule has 2 N–H and O–H groups in total. The SMILES string of the molecule is CC(C)(C)OC(=O)N1CC=C(Br)C(CN)C1. The second kappa shape index (κ2) is 5.19. The summed E-state index contributed by atoms with van der Waals surface area (Å²) in [5.74, 6) is 0.182. The molecule has 0 fully saturated rings. The van der Waals surface area contributed by atoms with Gasteiger partial charge >= 0.3 is 6.09 Å². The summed E-state index contributed by atoms with van der Waals surface area (Å²) in [6.45, 7) is 7.30. The van der Waals surface area contributed by atoms with E-state index in [0.717, 1.165) is 4.48 Å². The van der Waals surface area contributed by atoms with Gasteiger partial charge in [0.1, 0.15) is 5.60 Å². The maximum absolute atomic E-state index is 11.8. The third-order valence-electron chi connectivity index (χ3n) is 2.27. The van der Waals surface area contributed by atoms with E-state index in [2.05, 4.69) is 15.9 Å². The van der Waals surface area contributed by atoms with Crippen LogP contribution < -0.4 is 5.73 Å². The summed E-state index contributed by atoms with van der Waals surface area (Å²) >= 11 is 3.46. The van der Waals surface area contributed by atoms with E-state index in [1.54, 1.807) is 4.90 Å². The van der Waals surface area contributed by atoms with Gasteiger partial charge in [0.15, 0.2) is 0 Å². The van der Waals surface area contributed by atoms with Crippen LogP contribution in [0.1, 0.15) is 20.8 Å². The Bertz CT molecular complexity index is 297. The van der Waals surface area contributed by atoms with Gasteiger partial charge in [-0.2, -0.15) is 0 Å². The zero-order valence-corrected chi connectivity index (χ0v) is 11.6. The molecular weight excluding hydrogens is 272 g/mol. The first-order valence-corrected chi connectivity index (χ1v) is 6.16. The van der Waals surface area contributed by atoms with Crippen molar-refractivity contribution < 1.29 is 9.53 Å². The van der Waals surface area contributed by atoms with E-state index >= 15 is 0 Å². The number of rotatable bonds is 1. The highest BCUT2D eigenvalue weighted by atomic mass is 79.9. The van der Waals surface area contributed by atoms with Crippen LogP contribution in [-0.2, 0) is 4.74 Å². The lowest BCUT2D eigenvalue weighted by Crippen LogP contribution is -2.43. The van der Waals surface area contributed by atoms with E-state index in [-0.39, 0.29) is 12.0 Å². The quantitative estimate of drug-likeness (QED) is 0.805. The van der Waals surface area contributed by atoms with E-state index in [1.165, 1.54) is 0 Å². The Balaban J connectivity index is 2.60. The molecule has 1 atom stereocenters. The van der Waals surface area contributed by atoms with Crippen LogP contribution in [0.5, 0.6) is 0 Å². The molecule has 1 heterocycles. The number of hydrogen-bond donors (Lipinski definition) is 1. The lowest BCUT2D eigenvalue weighted by molar-refractivity contribution is 0.0245. The third-order valence-corrected chi connectivity index (χ3v) is 3.24. The zero-order chi connectivity index (χ0) is 12.3. The standard InChI is InChI=1S/C11H19BrN2O2/c1-11(2,3)16-10(15)14-5-4-9(12)8(6-13)7-14/h4,8H,5-7,13H2,1-3H3. The molecule has 4 nitrogen and oxygen atoms in total. The van der Waals surface area contributed by atoms with Crippen LogP contribution in [0.3, 0.4) is 0 Å². The van der Waals surface area contributed by atoms with Gasteiger partial charge in [0.2, 0.25) is 0 Å². The summed E-state index contributed by atoms with van der Waals surface area (Å²) in [5, 5.41) is 0. The highest BCUT2D eigenvalue weighted by Gasteiger charge is 2.27. The average Bonchev–Trinajstić information content (AvgIpc) is 2.15. The second-order valence-corrected chi connectivity index (χ2v) is 5.82. The van der Waals surface area contributed by atoms with E-state index in [1.807, 2.05) is 26.8 Å². The summed E-state index contributed by atoms with van der Waals surface area (Å²) in [6.07, 6.45) is 1.69. The molecule has 0 aliphatic carbocycles. The van der Waals surface area contributed by atoms with Crippen LogP contribution in [0.15, 0.2) is 10.6 Å². The Morgan fingerprint density at radius 3 is 2.81 bits per heavy atom. The van der Waals surface area contributed by atoms with Crippen molar-refractivity contribution in [1.29, 1.82) is 0 Å². The molecule has 0 saturated heterocycles. The molecule has 1 unspecified atom stereocenters. The Morgan fingerprint density at radius 2 is 2.31 bits per heavy atom. The number of halogens is 1. The minimum absolute atomic E-state index is 0.182. The molecule has 0 spiro atoms. The van der Waals surface area contributed by atoms with Crippen molar-refractivity contribution >= 4 is 22.0 Å². The second-order valence-electron chi connectivity index (χ2n) is 4.91. The summed E-state index contributed by atoms with van der Waals surface area (Å²) in [5.41, 5.74) is 5.18. The van der Waals surface area contributed by atoms with Crippen molar-refractivity contribution in [3.8, 4) is 0 Å². The Labute approximate surface area is 105 Å². The number of nitrogens with zero attached hydrogens (tertiary/aromatic N) is 1. The monoisotopic (exact) mass is 290 g/mol. The number of nitrogens with two attached hydrogens (primary N) is 1. The highest BCUT2D eigenvalue weighted by molar-refractivity contribution is 9.11. The van der Waals surface area contributed by atoms with Gasteiger partial charge in [-0.3, -0.25) is 0 Å². The predicted molar refractivity (Wildman–Crippen MR) is 67.4 cm³/mol. The summed E-state index contributed by atoms with van der Waals surface area (Å²) in [7, 11) is 0. The van der Waals surface area contributed by atoms with E-state index in [0.29, 0.717) is 19.6 Å². The average molecular weight is 291 g/mol. The van der Waals surface area contributed by atoms with Gasteiger partial charge in [-0.15, -0.1) is 0 Å². The molecule has 1 aliphatic heterocycles. The molecule has 16 heavy (non-hydrogen) atoms. The maximum Gasteiger partial charge on any atom is 0.410 e. The van der Waals surface area contributed by atoms with Crippen molar-refractivity contribution in [3.05, 3.63) is 10.6 Å². The Hall–Kier alpha value is -0.550. The molecule has 0 radical (unpaired) electrons. The van der Waals surface area contributed by atoms with Crippen LogP contribution >= 0.6 is 15.9 Å². The fraction of sp³-hybridized carbons (Fsp3) is 0.727. The van der Waals surface area contributed by atoms with Gasteiger partial charge < -0.3 is 15.4 Å². The minimum Gasteiger partial charge on any atom is -0.444 e. The molecule has 0 bridgehead atoms. The normalized spacial score (nSPS) is 21.7. The fourth-order valence-corrected chi connectivity index (χ4v) is 1.93. The van der Waals surface area contributed by atoms with Gasteiger partial charge in [-0.25, -0.2) is 4.79 Å². The van der Waals surface area contributed by atoms with Crippen molar-refractivity contribution in [2.24, 2.45) is 11.7 Å². The number of amides is 1. The van der Waals surface area contributed by atoms with Crippen molar-refractivity contribution in [2.75, 3.05) is 19.6 Å². The molecule has 0 saturated carbocycles. The highest BCUT2D eigenvalue weighted by Crippen LogP contribution is 2.23. The van der Waals surface area contributed by atoms with Gasteiger partial charge in [0.05, 0.1) is 0 Å². The van der Waals surface area contributed by atoms with E-state index < -0.39 is 5.60 Å². The van der Waals surface area contributed by atoms with Crippen molar-refractivity contribution in [2.45, 2.75) is 26.4 Å². The van der Waals surface area contributed by atoms with Crippen LogP contribution in [0.4, 0.5) is 4.79 Å². The lowest BCUT2D eigenvalue weighted by atomic mass is 10.1. The lowest BCUT2D eigenvalue weighted by Gasteiger charge is -2.32. The van der Waals surface area contributed by atoms with E-state index in [9.17, 15) is 4.79 Å². The predicted octanol–water partition coefficient (Wildman–Crippen LogP) is 2.09. The maximum atomic E-state index is 11.8. The van der Waals surface area contributed by atoms with Crippen LogP contribution in [0, 0.1) is 5.92 Å². The van der Waals surface area contributed by atoms with E-state index in [4.69, 9.17) is 10.5 Å². The summed E-state index contributed by atoms with van der Waals surface area (Å²) in [4.78, 5) is 13.5. The van der Waals surface area contributed by atoms with Gasteiger partial charge in [0, 0.05) is 25.6 Å².